The summed E-state index contributed by atoms with van der Waals surface area (Å²) in [6.45, 7) is 1.15. The van der Waals surface area contributed by atoms with Crippen molar-refractivity contribution in [3.63, 3.8) is 0 Å². The monoisotopic (exact) mass is 307 g/mol. The minimum Gasteiger partial charge on any atom is -0.256 e. The van der Waals surface area contributed by atoms with Crippen LogP contribution in [0.1, 0.15) is 12.8 Å². The largest absolute Gasteiger partial charge is 0.260 e. The highest BCUT2D eigenvalue weighted by molar-refractivity contribution is 9.09. The molecule has 0 radical (unpaired) electrons. The molecule has 1 aromatic heterocycles. The van der Waals surface area contributed by atoms with Crippen LogP contribution in [-0.2, 0) is 17.1 Å². The maximum absolute atomic E-state index is 12.2. The lowest BCUT2D eigenvalue weighted by Crippen LogP contribution is -2.39. The van der Waals surface area contributed by atoms with E-state index in [0.717, 1.165) is 12.8 Å². The van der Waals surface area contributed by atoms with E-state index in [2.05, 4.69) is 21.0 Å². The molecule has 2 rings (SSSR count). The quantitative estimate of drug-likeness (QED) is 0.765. The van der Waals surface area contributed by atoms with Crippen LogP contribution in [0.4, 0.5) is 0 Å². The summed E-state index contributed by atoms with van der Waals surface area (Å²) in [6.07, 6.45) is 3.22. The molecule has 0 unspecified atom stereocenters. The SMILES string of the molecule is Cn1nccc1S(=O)(=O)N1CCC(Br)CC1. The summed E-state index contributed by atoms with van der Waals surface area (Å²) in [6, 6.07) is 1.54. The first-order valence-corrected chi connectivity index (χ1v) is 7.49. The van der Waals surface area contributed by atoms with Gasteiger partial charge in [0.15, 0.2) is 5.03 Å². The molecule has 0 amide bonds. The summed E-state index contributed by atoms with van der Waals surface area (Å²) in [4.78, 5) is 0.436. The first-order chi connectivity index (χ1) is 7.51. The van der Waals surface area contributed by atoms with Crippen molar-refractivity contribution in [1.82, 2.24) is 14.1 Å². The number of aromatic nitrogens is 2. The molecule has 2 heterocycles. The Hall–Kier alpha value is -0.400. The highest BCUT2D eigenvalue weighted by Crippen LogP contribution is 2.23. The highest BCUT2D eigenvalue weighted by Gasteiger charge is 2.30. The van der Waals surface area contributed by atoms with Crippen LogP contribution in [0.3, 0.4) is 0 Å². The Balaban J connectivity index is 2.23. The van der Waals surface area contributed by atoms with E-state index >= 15 is 0 Å². The van der Waals surface area contributed by atoms with Gasteiger partial charge >= 0.3 is 0 Å². The number of rotatable bonds is 2. The molecular weight excluding hydrogens is 294 g/mol. The number of aryl methyl sites for hydroxylation is 1. The first kappa shape index (κ1) is 12.1. The number of sulfonamides is 1. The third-order valence-corrected chi connectivity index (χ3v) is 5.65. The van der Waals surface area contributed by atoms with Crippen molar-refractivity contribution in [2.75, 3.05) is 13.1 Å². The Bertz CT molecular complexity index is 463. The van der Waals surface area contributed by atoms with Crippen molar-refractivity contribution < 1.29 is 8.42 Å². The number of alkyl halides is 1. The fourth-order valence-electron chi connectivity index (χ4n) is 1.81. The molecule has 0 N–H and O–H groups in total. The molecular formula is C9H14BrN3O2S. The molecule has 1 aromatic rings. The van der Waals surface area contributed by atoms with Crippen LogP contribution in [0.15, 0.2) is 17.3 Å². The van der Waals surface area contributed by atoms with Crippen LogP contribution < -0.4 is 0 Å². The molecule has 0 atom stereocenters. The van der Waals surface area contributed by atoms with Crippen LogP contribution in [0.5, 0.6) is 0 Å². The van der Waals surface area contributed by atoms with Crippen LogP contribution >= 0.6 is 15.9 Å². The molecule has 0 spiro atoms. The van der Waals surface area contributed by atoms with Gasteiger partial charge in [0.25, 0.3) is 10.0 Å². The van der Waals surface area contributed by atoms with E-state index in [0.29, 0.717) is 17.9 Å². The van der Waals surface area contributed by atoms with Crippen LogP contribution in [0.2, 0.25) is 0 Å². The molecule has 7 heteroatoms. The predicted octanol–water partition coefficient (Wildman–Crippen LogP) is 0.968. The average molecular weight is 308 g/mol. The van der Waals surface area contributed by atoms with Gasteiger partial charge in [-0.15, -0.1) is 0 Å². The predicted molar refractivity (Wildman–Crippen MR) is 63.9 cm³/mol. The van der Waals surface area contributed by atoms with E-state index in [1.807, 2.05) is 0 Å². The molecule has 90 valence electrons. The van der Waals surface area contributed by atoms with Gasteiger partial charge in [0, 0.05) is 25.0 Å². The molecule has 1 aliphatic rings. The van der Waals surface area contributed by atoms with Gasteiger partial charge in [-0.3, -0.25) is 4.68 Å². The van der Waals surface area contributed by atoms with E-state index < -0.39 is 10.0 Å². The lowest BCUT2D eigenvalue weighted by Gasteiger charge is -2.28. The normalized spacial score (nSPS) is 20.1. The van der Waals surface area contributed by atoms with E-state index in [9.17, 15) is 8.42 Å². The zero-order valence-corrected chi connectivity index (χ0v) is 11.4. The lowest BCUT2D eigenvalue weighted by molar-refractivity contribution is 0.351. The van der Waals surface area contributed by atoms with E-state index in [4.69, 9.17) is 0 Å². The Morgan fingerprint density at radius 3 is 2.56 bits per heavy atom. The highest BCUT2D eigenvalue weighted by atomic mass is 79.9. The Morgan fingerprint density at radius 2 is 2.06 bits per heavy atom. The maximum Gasteiger partial charge on any atom is 0.260 e. The van der Waals surface area contributed by atoms with E-state index in [1.54, 1.807) is 7.05 Å². The summed E-state index contributed by atoms with van der Waals surface area (Å²) in [5.74, 6) is 0. The third kappa shape index (κ3) is 2.16. The van der Waals surface area contributed by atoms with Crippen molar-refractivity contribution in [3.8, 4) is 0 Å². The summed E-state index contributed by atoms with van der Waals surface area (Å²) in [5, 5.41) is 4.16. The molecule has 0 bridgehead atoms. The topological polar surface area (TPSA) is 55.2 Å². The molecule has 1 fully saturated rings. The minimum absolute atomic E-state index is 0.264. The summed E-state index contributed by atoms with van der Waals surface area (Å²) < 4.78 is 27.4. The second kappa shape index (κ2) is 4.46. The van der Waals surface area contributed by atoms with Crippen molar-refractivity contribution in [2.24, 2.45) is 7.05 Å². The van der Waals surface area contributed by atoms with Gasteiger partial charge < -0.3 is 0 Å². The second-order valence-corrected chi connectivity index (χ2v) is 7.05. The lowest BCUT2D eigenvalue weighted by atomic mass is 10.2. The molecule has 1 saturated heterocycles. The summed E-state index contributed by atoms with van der Waals surface area (Å²) >= 11 is 3.51. The van der Waals surface area contributed by atoms with Gasteiger partial charge in [0.1, 0.15) is 0 Å². The standard InChI is InChI=1S/C9H14BrN3O2S/c1-12-9(2-5-11-12)16(14,15)13-6-3-8(10)4-7-13/h2,5,8H,3-4,6-7H2,1H3. The summed E-state index contributed by atoms with van der Waals surface area (Å²) in [5.41, 5.74) is 0. The van der Waals surface area contributed by atoms with Crippen molar-refractivity contribution in [3.05, 3.63) is 12.3 Å². The Kier molecular flexibility index (Phi) is 3.37. The van der Waals surface area contributed by atoms with Crippen molar-refractivity contribution >= 4 is 26.0 Å². The fourth-order valence-corrected chi connectivity index (χ4v) is 3.79. The van der Waals surface area contributed by atoms with Crippen molar-refractivity contribution in [1.29, 1.82) is 0 Å². The smallest absolute Gasteiger partial charge is 0.256 e. The van der Waals surface area contributed by atoms with Crippen LogP contribution in [0.25, 0.3) is 0 Å². The first-order valence-electron chi connectivity index (χ1n) is 5.14. The minimum atomic E-state index is -3.36. The van der Waals surface area contributed by atoms with Crippen LogP contribution in [0, 0.1) is 0 Å². The zero-order chi connectivity index (χ0) is 11.8. The van der Waals surface area contributed by atoms with Gasteiger partial charge in [-0.25, -0.2) is 8.42 Å². The molecule has 5 nitrogen and oxygen atoms in total. The van der Waals surface area contributed by atoms with E-state index in [1.165, 1.54) is 21.3 Å². The number of piperidine rings is 1. The average Bonchev–Trinajstić information content (AvgIpc) is 2.66. The molecule has 0 saturated carbocycles. The van der Waals surface area contributed by atoms with Gasteiger partial charge in [-0.1, -0.05) is 15.9 Å². The fraction of sp³-hybridized carbons (Fsp3) is 0.667. The number of nitrogens with zero attached hydrogens (tertiary/aromatic N) is 3. The number of halogens is 1. The van der Waals surface area contributed by atoms with Gasteiger partial charge in [0.2, 0.25) is 0 Å². The van der Waals surface area contributed by atoms with Gasteiger partial charge in [0.05, 0.1) is 6.20 Å². The van der Waals surface area contributed by atoms with Crippen LogP contribution in [-0.4, -0.2) is 40.4 Å². The van der Waals surface area contributed by atoms with Gasteiger partial charge in [-0.2, -0.15) is 9.40 Å². The molecule has 1 aliphatic heterocycles. The summed E-state index contributed by atoms with van der Waals surface area (Å²) in [7, 11) is -1.72. The number of hydrogen-bond acceptors (Lipinski definition) is 3. The van der Waals surface area contributed by atoms with Gasteiger partial charge in [-0.05, 0) is 18.9 Å². The zero-order valence-electron chi connectivity index (χ0n) is 9.00. The van der Waals surface area contributed by atoms with E-state index in [-0.39, 0.29) is 5.03 Å². The second-order valence-electron chi connectivity index (χ2n) is 3.87. The molecule has 0 aromatic carbocycles. The number of hydrogen-bond donors (Lipinski definition) is 0. The molecule has 16 heavy (non-hydrogen) atoms. The third-order valence-electron chi connectivity index (χ3n) is 2.76. The Morgan fingerprint density at radius 1 is 1.44 bits per heavy atom. The maximum atomic E-state index is 12.2. The van der Waals surface area contributed by atoms with Crippen molar-refractivity contribution in [2.45, 2.75) is 22.7 Å². The Labute approximate surface area is 104 Å². The molecule has 0 aliphatic carbocycles.